The summed E-state index contributed by atoms with van der Waals surface area (Å²) >= 11 is 1.05. The average Bonchev–Trinajstić information content (AvgIpc) is 3.00. The van der Waals surface area contributed by atoms with E-state index in [0.29, 0.717) is 39.7 Å². The number of anilines is 2. The molecule has 144 valence electrons. The minimum atomic E-state index is -0.320. The Morgan fingerprint density at radius 3 is 2.50 bits per heavy atom. The molecule has 0 bridgehead atoms. The maximum Gasteiger partial charge on any atom is 0.222 e. The number of nitrogens with one attached hydrogen (secondary N) is 2. The van der Waals surface area contributed by atoms with Crippen molar-refractivity contribution < 1.29 is 4.79 Å². The number of aryl methyl sites for hydroxylation is 1. The lowest BCUT2D eigenvalue weighted by molar-refractivity contribution is -0.114. The zero-order valence-corrected chi connectivity index (χ0v) is 16.9. The van der Waals surface area contributed by atoms with Gasteiger partial charge in [-0.3, -0.25) is 4.79 Å². The fraction of sp³-hybridized carbons (Fsp3) is 0.389. The lowest BCUT2D eigenvalue weighted by Crippen LogP contribution is -2.12. The molecule has 2 aromatic rings. The molecule has 0 radical (unpaired) electrons. The molecule has 0 saturated carbocycles. The summed E-state index contributed by atoms with van der Waals surface area (Å²) in [5, 5.41) is 33.2. The minimum absolute atomic E-state index is 0.200. The zero-order valence-electron chi connectivity index (χ0n) is 16.1. The Morgan fingerprint density at radius 2 is 1.89 bits per heavy atom. The van der Waals surface area contributed by atoms with Crippen molar-refractivity contribution in [1.29, 1.82) is 10.5 Å². The second kappa shape index (κ2) is 9.53. The van der Waals surface area contributed by atoms with Gasteiger partial charge in [0.05, 0.1) is 11.3 Å². The number of nitrogens with zero attached hydrogens (tertiary/aromatic N) is 6. The van der Waals surface area contributed by atoms with Crippen LogP contribution in [0.2, 0.25) is 0 Å². The van der Waals surface area contributed by atoms with Crippen LogP contribution >= 0.6 is 11.5 Å². The lowest BCUT2D eigenvalue weighted by atomic mass is 10.1. The molecule has 0 spiro atoms. The Bertz CT molecular complexity index is 996. The standard InChI is InChI=1S/C18H20N8OS/c1-5-6-7-21-16-13(8-19)10(2)15(17(23-16)22-12(4)27)24-25-18-14(9-20)11(3)26-28-18/h5-7H2,1-4H3,(H2,21,22,23,27). The van der Waals surface area contributed by atoms with E-state index in [0.717, 1.165) is 24.4 Å². The van der Waals surface area contributed by atoms with E-state index >= 15 is 0 Å². The minimum Gasteiger partial charge on any atom is -0.369 e. The van der Waals surface area contributed by atoms with E-state index in [4.69, 9.17) is 0 Å². The smallest absolute Gasteiger partial charge is 0.222 e. The first-order valence-corrected chi connectivity index (χ1v) is 9.44. The molecular formula is C18H20N8OS. The molecule has 0 saturated heterocycles. The van der Waals surface area contributed by atoms with Crippen LogP contribution in [0, 0.1) is 36.5 Å². The first-order valence-electron chi connectivity index (χ1n) is 8.67. The van der Waals surface area contributed by atoms with Gasteiger partial charge in [0.1, 0.15) is 29.2 Å². The summed E-state index contributed by atoms with van der Waals surface area (Å²) in [6.07, 6.45) is 1.92. The molecule has 28 heavy (non-hydrogen) atoms. The summed E-state index contributed by atoms with van der Waals surface area (Å²) in [6.45, 7) is 7.51. The molecule has 2 aromatic heterocycles. The van der Waals surface area contributed by atoms with Gasteiger partial charge in [0.25, 0.3) is 0 Å². The van der Waals surface area contributed by atoms with Gasteiger partial charge in [-0.25, -0.2) is 4.98 Å². The van der Waals surface area contributed by atoms with Crippen LogP contribution in [0.1, 0.15) is 49.1 Å². The first kappa shape index (κ1) is 20.9. The molecule has 1 amide bonds. The third-order valence-corrected chi connectivity index (χ3v) is 4.67. The normalized spacial score (nSPS) is 10.5. The van der Waals surface area contributed by atoms with Gasteiger partial charge in [-0.2, -0.15) is 14.9 Å². The van der Waals surface area contributed by atoms with Gasteiger partial charge in [-0.05, 0) is 31.8 Å². The molecule has 0 atom stereocenters. The van der Waals surface area contributed by atoms with Crippen molar-refractivity contribution in [2.24, 2.45) is 10.2 Å². The van der Waals surface area contributed by atoms with Crippen LogP contribution in [-0.4, -0.2) is 21.8 Å². The third kappa shape index (κ3) is 4.67. The van der Waals surface area contributed by atoms with Gasteiger partial charge in [0.15, 0.2) is 10.8 Å². The number of carbonyl (C=O) groups is 1. The largest absolute Gasteiger partial charge is 0.369 e. The average molecular weight is 396 g/mol. The fourth-order valence-corrected chi connectivity index (χ4v) is 3.05. The van der Waals surface area contributed by atoms with Gasteiger partial charge in [-0.1, -0.05) is 13.3 Å². The molecule has 0 aliphatic rings. The molecule has 2 rings (SSSR count). The summed E-state index contributed by atoms with van der Waals surface area (Å²) < 4.78 is 4.10. The molecule has 0 fully saturated rings. The van der Waals surface area contributed by atoms with Crippen LogP contribution in [0.5, 0.6) is 0 Å². The van der Waals surface area contributed by atoms with E-state index in [1.807, 2.05) is 6.07 Å². The number of unbranched alkanes of at least 4 members (excludes halogenated alkanes) is 1. The maximum absolute atomic E-state index is 11.6. The van der Waals surface area contributed by atoms with Crippen LogP contribution in [0.3, 0.4) is 0 Å². The van der Waals surface area contributed by atoms with Gasteiger partial charge in [0, 0.05) is 19.0 Å². The number of amides is 1. The van der Waals surface area contributed by atoms with Crippen LogP contribution < -0.4 is 10.6 Å². The number of aromatic nitrogens is 2. The summed E-state index contributed by atoms with van der Waals surface area (Å²) in [5.74, 6) is 0.271. The Hall–Kier alpha value is -3.37. The Balaban J connectivity index is 2.55. The molecule has 2 heterocycles. The molecule has 2 N–H and O–H groups in total. The summed E-state index contributed by atoms with van der Waals surface area (Å²) in [7, 11) is 0. The molecule has 0 unspecified atom stereocenters. The number of hydrogen-bond acceptors (Lipinski definition) is 9. The molecule has 10 heteroatoms. The van der Waals surface area contributed by atoms with Crippen LogP contribution in [-0.2, 0) is 4.79 Å². The van der Waals surface area contributed by atoms with E-state index in [1.54, 1.807) is 13.8 Å². The Kier molecular flexibility index (Phi) is 7.13. The van der Waals surface area contributed by atoms with Crippen molar-refractivity contribution in [2.45, 2.75) is 40.5 Å². The van der Waals surface area contributed by atoms with Crippen molar-refractivity contribution in [2.75, 3.05) is 17.2 Å². The van der Waals surface area contributed by atoms with Gasteiger partial charge in [0.2, 0.25) is 5.91 Å². The number of carbonyl (C=O) groups excluding carboxylic acids is 1. The summed E-state index contributed by atoms with van der Waals surface area (Å²) in [4.78, 5) is 16.0. The van der Waals surface area contributed by atoms with E-state index in [9.17, 15) is 15.3 Å². The first-order chi connectivity index (χ1) is 13.4. The molecule has 0 aliphatic heterocycles. The number of nitriles is 2. The van der Waals surface area contributed by atoms with E-state index in [2.05, 4.69) is 43.2 Å². The monoisotopic (exact) mass is 396 g/mol. The highest BCUT2D eigenvalue weighted by molar-refractivity contribution is 7.10. The van der Waals surface area contributed by atoms with Crippen molar-refractivity contribution >= 4 is 39.8 Å². The summed E-state index contributed by atoms with van der Waals surface area (Å²) in [6, 6.07) is 4.18. The van der Waals surface area contributed by atoms with Crippen molar-refractivity contribution in [3.05, 3.63) is 22.4 Å². The van der Waals surface area contributed by atoms with Gasteiger partial charge < -0.3 is 10.6 Å². The van der Waals surface area contributed by atoms with E-state index in [1.165, 1.54) is 6.92 Å². The highest BCUT2D eigenvalue weighted by atomic mass is 32.1. The topological polar surface area (TPSA) is 139 Å². The molecular weight excluding hydrogens is 376 g/mol. The number of hydrogen-bond donors (Lipinski definition) is 2. The highest BCUT2D eigenvalue weighted by Crippen LogP contribution is 2.36. The van der Waals surface area contributed by atoms with Crippen molar-refractivity contribution in [3.8, 4) is 12.1 Å². The Labute approximate surface area is 167 Å². The third-order valence-electron chi connectivity index (χ3n) is 3.84. The second-order valence-electron chi connectivity index (χ2n) is 5.99. The van der Waals surface area contributed by atoms with E-state index in [-0.39, 0.29) is 17.4 Å². The lowest BCUT2D eigenvalue weighted by Gasteiger charge is -2.14. The van der Waals surface area contributed by atoms with Crippen LogP contribution in [0.4, 0.5) is 22.3 Å². The quantitative estimate of drug-likeness (QED) is 0.522. The Morgan fingerprint density at radius 1 is 1.18 bits per heavy atom. The fourth-order valence-electron chi connectivity index (χ4n) is 2.37. The van der Waals surface area contributed by atoms with Gasteiger partial charge >= 0.3 is 0 Å². The molecule has 9 nitrogen and oxygen atoms in total. The second-order valence-corrected chi connectivity index (χ2v) is 6.74. The predicted molar refractivity (Wildman–Crippen MR) is 107 cm³/mol. The number of azo groups is 1. The van der Waals surface area contributed by atoms with Crippen LogP contribution in [0.15, 0.2) is 10.2 Å². The highest BCUT2D eigenvalue weighted by Gasteiger charge is 2.18. The zero-order chi connectivity index (χ0) is 20.7. The SMILES string of the molecule is CCCCNc1nc(NC(C)=O)c(N=Nc2snc(C)c2C#N)c(C)c1C#N. The molecule has 0 aliphatic carbocycles. The number of pyridine rings is 1. The van der Waals surface area contributed by atoms with Crippen molar-refractivity contribution in [1.82, 2.24) is 9.36 Å². The van der Waals surface area contributed by atoms with Gasteiger partial charge in [-0.15, -0.1) is 10.2 Å². The van der Waals surface area contributed by atoms with Crippen molar-refractivity contribution in [3.63, 3.8) is 0 Å². The van der Waals surface area contributed by atoms with E-state index < -0.39 is 0 Å². The number of rotatable bonds is 7. The predicted octanol–water partition coefficient (Wildman–Crippen LogP) is 4.48. The van der Waals surface area contributed by atoms with Crippen LogP contribution in [0.25, 0.3) is 0 Å². The molecule has 0 aromatic carbocycles. The summed E-state index contributed by atoms with van der Waals surface area (Å²) in [5.41, 5.74) is 2.05. The maximum atomic E-state index is 11.6.